The smallest absolute Gasteiger partial charge is 0.259 e. The fourth-order valence-electron chi connectivity index (χ4n) is 3.46. The molecular formula is C27H25ClFN5O3. The molecule has 2 aromatic carbocycles. The molecule has 0 aliphatic carbocycles. The molecule has 8 nitrogen and oxygen atoms in total. The van der Waals surface area contributed by atoms with Crippen LogP contribution in [0.15, 0.2) is 53.8 Å². The lowest BCUT2D eigenvalue weighted by Crippen LogP contribution is -2.22. The number of methoxy groups -OCH3 is 1. The van der Waals surface area contributed by atoms with Gasteiger partial charge in [-0.3, -0.25) is 14.5 Å². The Bertz CT molecular complexity index is 1360. The monoisotopic (exact) mass is 521 g/mol. The lowest BCUT2D eigenvalue weighted by atomic mass is 10.1. The molecule has 2 amide bonds. The summed E-state index contributed by atoms with van der Waals surface area (Å²) in [5.74, 6) is 1.39. The van der Waals surface area contributed by atoms with E-state index in [9.17, 15) is 9.59 Å². The van der Waals surface area contributed by atoms with Crippen molar-refractivity contribution in [3.63, 3.8) is 0 Å². The van der Waals surface area contributed by atoms with Crippen LogP contribution in [-0.4, -0.2) is 49.2 Å². The highest BCUT2D eigenvalue weighted by Crippen LogP contribution is 2.39. The fourth-order valence-corrected chi connectivity index (χ4v) is 3.67. The molecule has 0 bridgehead atoms. The molecule has 10 heteroatoms. The zero-order valence-corrected chi connectivity index (χ0v) is 21.3. The van der Waals surface area contributed by atoms with Gasteiger partial charge in [-0.25, -0.2) is 9.37 Å². The van der Waals surface area contributed by atoms with Gasteiger partial charge in [-0.1, -0.05) is 30.5 Å². The summed E-state index contributed by atoms with van der Waals surface area (Å²) in [5.41, 5.74) is 0.905. The Morgan fingerprint density at radius 2 is 2.08 bits per heavy atom. The number of aromatic nitrogens is 1. The average molecular weight is 522 g/mol. The number of rotatable bonds is 10. The molecule has 0 aliphatic heterocycles. The van der Waals surface area contributed by atoms with Gasteiger partial charge in [0.1, 0.15) is 23.1 Å². The van der Waals surface area contributed by atoms with Crippen molar-refractivity contribution in [2.24, 2.45) is 5.10 Å². The van der Waals surface area contributed by atoms with Crippen LogP contribution < -0.4 is 15.0 Å². The first-order valence-electron chi connectivity index (χ1n) is 11.2. The second-order valence-electron chi connectivity index (χ2n) is 7.85. The Balaban J connectivity index is 2.02. The Morgan fingerprint density at radius 1 is 1.30 bits per heavy atom. The van der Waals surface area contributed by atoms with E-state index in [-0.39, 0.29) is 33.5 Å². The van der Waals surface area contributed by atoms with Crippen molar-refractivity contribution in [3.05, 3.63) is 76.2 Å². The number of hydrogen-bond acceptors (Lipinski definition) is 6. The van der Waals surface area contributed by atoms with Gasteiger partial charge in [0.15, 0.2) is 0 Å². The van der Waals surface area contributed by atoms with Gasteiger partial charge in [0.25, 0.3) is 5.91 Å². The number of pyridine rings is 1. The zero-order valence-electron chi connectivity index (χ0n) is 20.5. The molecular weight excluding hydrogens is 497 g/mol. The van der Waals surface area contributed by atoms with Gasteiger partial charge in [0.05, 0.1) is 24.6 Å². The van der Waals surface area contributed by atoms with Gasteiger partial charge in [-0.05, 0) is 42.3 Å². The van der Waals surface area contributed by atoms with Crippen LogP contribution in [0, 0.1) is 18.2 Å². The standard InChI is InChI=1S/C27H25ClFN5O3/c1-5-11-33(3)31-16-19-7-9-23(22(29)12-19)34(17-35)26-21(13-20(28)14-24(26)37-4)27(36)32-25-10-8-18(6-2)15-30-25/h2,7-10,12-17H,5,11H2,1,3-4H3,(H,30,32,36). The van der Waals surface area contributed by atoms with E-state index in [1.807, 2.05) is 14.0 Å². The highest BCUT2D eigenvalue weighted by Gasteiger charge is 2.25. The molecule has 3 rings (SSSR count). The first-order valence-corrected chi connectivity index (χ1v) is 11.6. The number of ether oxygens (including phenoxy) is 1. The number of carbonyl (C=O) groups is 2. The molecule has 3 aromatic rings. The highest BCUT2D eigenvalue weighted by molar-refractivity contribution is 6.31. The number of hydrogen-bond donors (Lipinski definition) is 1. The van der Waals surface area contributed by atoms with Crippen molar-refractivity contribution < 1.29 is 18.7 Å². The Morgan fingerprint density at radius 3 is 2.68 bits per heavy atom. The van der Waals surface area contributed by atoms with Crippen LogP contribution in [0.25, 0.3) is 0 Å². The van der Waals surface area contributed by atoms with Gasteiger partial charge < -0.3 is 15.1 Å². The summed E-state index contributed by atoms with van der Waals surface area (Å²) in [4.78, 5) is 30.6. The Kier molecular flexibility index (Phi) is 9.19. The van der Waals surface area contributed by atoms with E-state index in [0.717, 1.165) is 17.9 Å². The maximum atomic E-state index is 15.2. The van der Waals surface area contributed by atoms with Crippen molar-refractivity contribution in [1.29, 1.82) is 0 Å². The first-order chi connectivity index (χ1) is 17.8. The molecule has 37 heavy (non-hydrogen) atoms. The molecule has 0 radical (unpaired) electrons. The van der Waals surface area contributed by atoms with E-state index in [2.05, 4.69) is 21.3 Å². The quantitative estimate of drug-likeness (QED) is 0.174. The van der Waals surface area contributed by atoms with E-state index in [1.54, 1.807) is 17.1 Å². The van der Waals surface area contributed by atoms with Gasteiger partial charge in [0, 0.05) is 36.4 Å². The van der Waals surface area contributed by atoms with Crippen LogP contribution in [0.3, 0.4) is 0 Å². The molecule has 1 aromatic heterocycles. The number of carbonyl (C=O) groups excluding carboxylic acids is 2. The van der Waals surface area contributed by atoms with Crippen molar-refractivity contribution >= 4 is 47.3 Å². The summed E-state index contributed by atoms with van der Waals surface area (Å²) < 4.78 is 20.6. The van der Waals surface area contributed by atoms with Crippen LogP contribution in [0.2, 0.25) is 5.02 Å². The minimum absolute atomic E-state index is 0.00245. The van der Waals surface area contributed by atoms with Crippen molar-refractivity contribution in [2.75, 3.05) is 30.9 Å². The third-order valence-corrected chi connectivity index (χ3v) is 5.42. The lowest BCUT2D eigenvalue weighted by Gasteiger charge is -2.24. The third-order valence-electron chi connectivity index (χ3n) is 5.20. The molecule has 0 saturated carbocycles. The molecule has 1 heterocycles. The summed E-state index contributed by atoms with van der Waals surface area (Å²) >= 11 is 6.22. The number of halogens is 2. The van der Waals surface area contributed by atoms with E-state index in [4.69, 9.17) is 22.8 Å². The Labute approximate surface area is 219 Å². The zero-order chi connectivity index (χ0) is 26.9. The van der Waals surface area contributed by atoms with Crippen molar-refractivity contribution in [2.45, 2.75) is 13.3 Å². The van der Waals surface area contributed by atoms with Gasteiger partial charge in [-0.2, -0.15) is 5.10 Å². The number of nitrogens with zero attached hydrogens (tertiary/aromatic N) is 4. The van der Waals surface area contributed by atoms with Crippen molar-refractivity contribution in [1.82, 2.24) is 9.99 Å². The van der Waals surface area contributed by atoms with E-state index in [0.29, 0.717) is 17.5 Å². The van der Waals surface area contributed by atoms with Gasteiger partial charge in [0.2, 0.25) is 6.41 Å². The maximum Gasteiger partial charge on any atom is 0.259 e. The number of hydrazone groups is 1. The number of amides is 2. The van der Waals surface area contributed by atoms with Crippen LogP contribution in [0.5, 0.6) is 5.75 Å². The average Bonchev–Trinajstić information content (AvgIpc) is 2.89. The molecule has 0 atom stereocenters. The number of anilines is 3. The predicted octanol–water partition coefficient (Wildman–Crippen LogP) is 5.09. The van der Waals surface area contributed by atoms with Crippen molar-refractivity contribution in [3.8, 4) is 18.1 Å². The molecule has 0 aliphatic rings. The van der Waals surface area contributed by atoms with Crippen LogP contribution in [0.4, 0.5) is 21.6 Å². The van der Waals surface area contributed by atoms with Crippen LogP contribution in [0.1, 0.15) is 34.8 Å². The minimum Gasteiger partial charge on any atom is -0.494 e. The van der Waals surface area contributed by atoms with E-state index in [1.165, 1.54) is 49.9 Å². The Hall–Kier alpha value is -4.42. The normalized spacial score (nSPS) is 10.6. The summed E-state index contributed by atoms with van der Waals surface area (Å²) in [6, 6.07) is 10.2. The summed E-state index contributed by atoms with van der Waals surface area (Å²) in [6.45, 7) is 2.78. The van der Waals surface area contributed by atoms with E-state index >= 15 is 4.39 Å². The molecule has 0 fully saturated rings. The number of nitrogens with one attached hydrogen (secondary N) is 1. The molecule has 0 unspecified atom stereocenters. The van der Waals surface area contributed by atoms with Gasteiger partial charge in [-0.15, -0.1) is 6.42 Å². The largest absolute Gasteiger partial charge is 0.494 e. The fraction of sp³-hybridized carbons (Fsp3) is 0.185. The first kappa shape index (κ1) is 27.2. The third kappa shape index (κ3) is 6.63. The second-order valence-corrected chi connectivity index (χ2v) is 8.28. The second kappa shape index (κ2) is 12.5. The maximum absolute atomic E-state index is 15.2. The predicted molar refractivity (Wildman–Crippen MR) is 143 cm³/mol. The van der Waals surface area contributed by atoms with Crippen LogP contribution in [-0.2, 0) is 4.79 Å². The summed E-state index contributed by atoms with van der Waals surface area (Å²) in [7, 11) is 3.17. The molecule has 1 N–H and O–H groups in total. The lowest BCUT2D eigenvalue weighted by molar-refractivity contribution is -0.106. The SMILES string of the molecule is C#Cc1ccc(NC(=O)c2cc(Cl)cc(OC)c2N(C=O)c2ccc(C=NN(C)CCC)cc2F)nc1. The molecule has 190 valence electrons. The summed E-state index contributed by atoms with van der Waals surface area (Å²) in [6.07, 6.45) is 9.60. The number of terminal acetylenes is 1. The number of benzene rings is 2. The molecule has 0 saturated heterocycles. The minimum atomic E-state index is -0.705. The topological polar surface area (TPSA) is 87.1 Å². The van der Waals surface area contributed by atoms with Crippen LogP contribution >= 0.6 is 11.6 Å². The van der Waals surface area contributed by atoms with E-state index < -0.39 is 11.7 Å². The van der Waals surface area contributed by atoms with Gasteiger partial charge >= 0.3 is 0 Å². The molecule has 0 spiro atoms. The summed E-state index contributed by atoms with van der Waals surface area (Å²) in [5, 5.41) is 8.80. The highest BCUT2D eigenvalue weighted by atomic mass is 35.5.